The Morgan fingerprint density at radius 3 is 2.54 bits per heavy atom. The summed E-state index contributed by atoms with van der Waals surface area (Å²) in [5.41, 5.74) is 3.22. The maximum absolute atomic E-state index is 14.2. The third-order valence-electron chi connectivity index (χ3n) is 11.1. The Balaban J connectivity index is 1.41. The summed E-state index contributed by atoms with van der Waals surface area (Å²) in [6.45, 7) is 6.38. The van der Waals surface area contributed by atoms with Gasteiger partial charge in [-0.15, -0.1) is 0 Å². The highest BCUT2D eigenvalue weighted by atomic mass is 19.4. The molecule has 2 bridgehead atoms. The Kier molecular flexibility index (Phi) is 9.05. The zero-order valence-corrected chi connectivity index (χ0v) is 26.7. The van der Waals surface area contributed by atoms with Crippen LogP contribution in [0.15, 0.2) is 78.4 Å². The zero-order valence-electron chi connectivity index (χ0n) is 26.7. The number of nitrogens with zero attached hydrogens (tertiary/aromatic N) is 1. The maximum atomic E-state index is 14.2. The number of alkyl halides is 3. The van der Waals surface area contributed by atoms with Gasteiger partial charge in [-0.2, -0.15) is 13.2 Å². The van der Waals surface area contributed by atoms with Gasteiger partial charge in [0.2, 0.25) is 0 Å². The minimum atomic E-state index is -4.57. The first-order valence-electron chi connectivity index (χ1n) is 16.6. The number of allylic oxidation sites excluding steroid dienone is 2. The van der Waals surface area contributed by atoms with Crippen LogP contribution in [0.2, 0.25) is 0 Å². The Hall–Kier alpha value is -3.26. The van der Waals surface area contributed by atoms with E-state index in [-0.39, 0.29) is 11.5 Å². The summed E-state index contributed by atoms with van der Waals surface area (Å²) in [4.78, 5) is 16.5. The standard InChI is InChI=1S/C39H44F3NO3/c1-26-7-6-18-37(2)35(16-19-38(37,46)25-43-20-17-28-8-3-4-9-30(28)24-43)33-15-13-27(21-32(44)14-12-26)22-34(33)36(45)29-10-5-11-31(23-29)39(40,41)42/h3-5,7-11,13,15,22-23,32,35,44,46H,6,12,14,16-21,24-25H2,1-2H3/t32-,35-,37-,38+/m0/s1. The lowest BCUT2D eigenvalue weighted by molar-refractivity contribution is -0.137. The molecule has 0 spiro atoms. The fourth-order valence-corrected chi connectivity index (χ4v) is 8.25. The van der Waals surface area contributed by atoms with Gasteiger partial charge in [-0.25, -0.2) is 0 Å². The molecule has 7 heteroatoms. The van der Waals surface area contributed by atoms with Crippen LogP contribution >= 0.6 is 0 Å². The van der Waals surface area contributed by atoms with Gasteiger partial charge in [-0.1, -0.05) is 67.1 Å². The molecule has 3 aromatic rings. The van der Waals surface area contributed by atoms with Gasteiger partial charge in [0.25, 0.3) is 0 Å². The van der Waals surface area contributed by atoms with E-state index in [0.717, 1.165) is 55.6 Å². The van der Waals surface area contributed by atoms with E-state index in [0.29, 0.717) is 44.2 Å². The lowest BCUT2D eigenvalue weighted by Gasteiger charge is -2.47. The number of halogens is 3. The van der Waals surface area contributed by atoms with E-state index in [4.69, 9.17) is 0 Å². The van der Waals surface area contributed by atoms with Crippen LogP contribution < -0.4 is 0 Å². The number of rotatable bonds is 4. The minimum Gasteiger partial charge on any atom is -0.393 e. The molecule has 0 aromatic heterocycles. The normalized spacial score (nSPS) is 27.4. The smallest absolute Gasteiger partial charge is 0.393 e. The summed E-state index contributed by atoms with van der Waals surface area (Å²) in [5.74, 6) is -0.652. The summed E-state index contributed by atoms with van der Waals surface area (Å²) >= 11 is 0. The number of carbonyl (C=O) groups is 1. The van der Waals surface area contributed by atoms with Crippen LogP contribution in [0.1, 0.15) is 102 Å². The molecular weight excluding hydrogens is 587 g/mol. The fraction of sp³-hybridized carbons (Fsp3) is 0.462. The number of benzene rings is 3. The van der Waals surface area contributed by atoms with Gasteiger partial charge in [0, 0.05) is 36.2 Å². The molecule has 1 saturated carbocycles. The molecular formula is C39H44F3NO3. The molecule has 46 heavy (non-hydrogen) atoms. The lowest BCUT2D eigenvalue weighted by Crippen LogP contribution is -2.53. The van der Waals surface area contributed by atoms with Gasteiger partial charge in [0.05, 0.1) is 17.3 Å². The first-order chi connectivity index (χ1) is 21.9. The first kappa shape index (κ1) is 32.7. The van der Waals surface area contributed by atoms with Gasteiger partial charge in [-0.05, 0) is 105 Å². The van der Waals surface area contributed by atoms with Crippen molar-refractivity contribution >= 4 is 5.78 Å². The van der Waals surface area contributed by atoms with Crippen molar-refractivity contribution in [2.45, 2.75) is 95.6 Å². The molecule has 4 aliphatic rings. The SMILES string of the molecule is CC1=CCC[C@@]2(C)[C@@H](CC[C@@]2(O)CN2CCc3ccccc3C2)c2ccc(cc2C(=O)c2cccc(C(F)(F)F)c2)C[C@@H](O)CC1. The highest BCUT2D eigenvalue weighted by molar-refractivity contribution is 6.10. The largest absolute Gasteiger partial charge is 0.416 e. The van der Waals surface area contributed by atoms with Crippen molar-refractivity contribution in [2.75, 3.05) is 13.1 Å². The highest BCUT2D eigenvalue weighted by Crippen LogP contribution is 2.59. The van der Waals surface area contributed by atoms with Crippen molar-refractivity contribution in [1.82, 2.24) is 4.90 Å². The second kappa shape index (κ2) is 12.7. The number of hydrogen-bond acceptors (Lipinski definition) is 4. The quantitative estimate of drug-likeness (QED) is 0.226. The molecule has 1 fully saturated rings. The molecule has 0 amide bonds. The number of β-amino-alcohol motifs (C(OH)–C–C–N with tert-alkyl or cyclic N) is 1. The van der Waals surface area contributed by atoms with Gasteiger partial charge in [0.1, 0.15) is 0 Å². The monoisotopic (exact) mass is 631 g/mol. The van der Waals surface area contributed by atoms with Crippen LogP contribution in [0.4, 0.5) is 13.2 Å². The van der Waals surface area contributed by atoms with Crippen LogP contribution in [0.25, 0.3) is 0 Å². The molecule has 1 aliphatic heterocycles. The number of aliphatic hydroxyl groups is 2. The van der Waals surface area contributed by atoms with Crippen LogP contribution in [-0.4, -0.2) is 45.7 Å². The Morgan fingerprint density at radius 2 is 1.76 bits per heavy atom. The van der Waals surface area contributed by atoms with E-state index >= 15 is 0 Å². The van der Waals surface area contributed by atoms with E-state index in [1.54, 1.807) is 6.07 Å². The van der Waals surface area contributed by atoms with E-state index in [9.17, 15) is 28.2 Å². The number of aliphatic hydroxyl groups excluding tert-OH is 1. The predicted molar refractivity (Wildman–Crippen MR) is 174 cm³/mol. The molecule has 4 atom stereocenters. The van der Waals surface area contributed by atoms with E-state index in [1.807, 2.05) is 12.1 Å². The summed E-state index contributed by atoms with van der Waals surface area (Å²) in [6, 6.07) is 18.7. The Labute approximate surface area is 270 Å². The molecule has 0 saturated heterocycles. The van der Waals surface area contributed by atoms with E-state index in [2.05, 4.69) is 49.1 Å². The summed E-state index contributed by atoms with van der Waals surface area (Å²) in [6.07, 6.45) is 2.28. The number of hydrogen-bond donors (Lipinski definition) is 2. The second-order valence-corrected chi connectivity index (χ2v) is 14.1. The molecule has 0 unspecified atom stereocenters. The average Bonchev–Trinajstić information content (AvgIpc) is 3.28. The molecule has 3 aromatic carbocycles. The molecule has 4 nitrogen and oxygen atoms in total. The van der Waals surface area contributed by atoms with Crippen LogP contribution in [0, 0.1) is 5.41 Å². The second-order valence-electron chi connectivity index (χ2n) is 14.1. The average molecular weight is 632 g/mol. The van der Waals surface area contributed by atoms with Crippen molar-refractivity contribution < 1.29 is 28.2 Å². The fourth-order valence-electron chi connectivity index (χ4n) is 8.25. The van der Waals surface area contributed by atoms with Crippen molar-refractivity contribution in [3.8, 4) is 0 Å². The Bertz CT molecular complexity index is 1630. The lowest BCUT2D eigenvalue weighted by atomic mass is 9.64. The third kappa shape index (κ3) is 6.47. The molecule has 3 aliphatic carbocycles. The van der Waals surface area contributed by atoms with E-state index in [1.165, 1.54) is 28.8 Å². The molecule has 1 heterocycles. The maximum Gasteiger partial charge on any atom is 0.416 e. The summed E-state index contributed by atoms with van der Waals surface area (Å²) < 4.78 is 40.9. The summed E-state index contributed by atoms with van der Waals surface area (Å²) in [5, 5.41) is 23.5. The highest BCUT2D eigenvalue weighted by Gasteiger charge is 2.57. The van der Waals surface area contributed by atoms with Crippen molar-refractivity contribution in [1.29, 1.82) is 0 Å². The zero-order chi connectivity index (χ0) is 32.7. The Morgan fingerprint density at radius 1 is 0.978 bits per heavy atom. The van der Waals surface area contributed by atoms with Gasteiger partial charge >= 0.3 is 6.18 Å². The summed E-state index contributed by atoms with van der Waals surface area (Å²) in [7, 11) is 0. The number of ketones is 1. The number of carbonyl (C=O) groups excluding carboxylic acids is 1. The van der Waals surface area contributed by atoms with Crippen molar-refractivity contribution in [3.63, 3.8) is 0 Å². The predicted octanol–water partition coefficient (Wildman–Crippen LogP) is 8.03. The van der Waals surface area contributed by atoms with Gasteiger partial charge in [0.15, 0.2) is 5.78 Å². The number of fused-ring (bicyclic) bond motifs is 9. The van der Waals surface area contributed by atoms with Crippen LogP contribution in [0.5, 0.6) is 0 Å². The molecule has 244 valence electrons. The minimum absolute atomic E-state index is 0.0182. The van der Waals surface area contributed by atoms with Crippen LogP contribution in [0.3, 0.4) is 0 Å². The topological polar surface area (TPSA) is 60.8 Å². The third-order valence-corrected chi connectivity index (χ3v) is 11.1. The van der Waals surface area contributed by atoms with Gasteiger partial charge < -0.3 is 10.2 Å². The van der Waals surface area contributed by atoms with Crippen molar-refractivity contribution in [3.05, 3.63) is 117 Å². The van der Waals surface area contributed by atoms with Crippen LogP contribution in [-0.2, 0) is 25.6 Å². The molecule has 0 radical (unpaired) electrons. The molecule has 7 rings (SSSR count). The van der Waals surface area contributed by atoms with E-state index < -0.39 is 34.6 Å². The van der Waals surface area contributed by atoms with Gasteiger partial charge in [-0.3, -0.25) is 9.69 Å². The first-order valence-corrected chi connectivity index (χ1v) is 16.6. The van der Waals surface area contributed by atoms with Crippen molar-refractivity contribution in [2.24, 2.45) is 5.41 Å². The molecule has 2 N–H and O–H groups in total.